The minimum atomic E-state index is 0.375. The number of benzene rings is 1. The van der Waals surface area contributed by atoms with Crippen molar-refractivity contribution in [3.05, 3.63) is 41.6 Å². The van der Waals surface area contributed by atoms with Crippen molar-refractivity contribution in [1.29, 1.82) is 0 Å². The van der Waals surface area contributed by atoms with Gasteiger partial charge in [0.2, 0.25) is 5.91 Å². The zero-order valence-corrected chi connectivity index (χ0v) is 17.9. The van der Waals surface area contributed by atoms with E-state index in [0.717, 1.165) is 49.8 Å². The van der Waals surface area contributed by atoms with Gasteiger partial charge in [0.1, 0.15) is 0 Å². The van der Waals surface area contributed by atoms with E-state index in [-0.39, 0.29) is 0 Å². The van der Waals surface area contributed by atoms with Gasteiger partial charge in [0.05, 0.1) is 17.8 Å². The number of fused-ring (bicyclic) bond motifs is 2. The van der Waals surface area contributed by atoms with Crippen molar-refractivity contribution in [2.24, 2.45) is 28.7 Å². The van der Waals surface area contributed by atoms with Gasteiger partial charge in [0.25, 0.3) is 0 Å². The third-order valence-electron chi connectivity index (χ3n) is 7.85. The Morgan fingerprint density at radius 3 is 2.70 bits per heavy atom. The lowest BCUT2D eigenvalue weighted by Crippen LogP contribution is -2.43. The van der Waals surface area contributed by atoms with Crippen LogP contribution in [0, 0.1) is 23.7 Å². The van der Waals surface area contributed by atoms with Crippen LogP contribution >= 0.6 is 0 Å². The molecule has 1 aromatic carbocycles. The van der Waals surface area contributed by atoms with Gasteiger partial charge in [-0.25, -0.2) is 0 Å². The normalized spacial score (nSPS) is 32.8. The first-order chi connectivity index (χ1) is 14.6. The fraction of sp³-hybridized carbons (Fsp3) is 0.560. The quantitative estimate of drug-likeness (QED) is 0.789. The molecule has 0 N–H and O–H groups in total. The van der Waals surface area contributed by atoms with Crippen LogP contribution in [-0.4, -0.2) is 66.2 Å². The second-order valence-electron chi connectivity index (χ2n) is 10.1. The summed E-state index contributed by atoms with van der Waals surface area (Å²) >= 11 is 0. The first kappa shape index (κ1) is 18.5. The number of hydrogen-bond donors (Lipinski definition) is 0. The fourth-order valence-electron chi connectivity index (χ4n) is 6.27. The average Bonchev–Trinajstić information content (AvgIpc) is 3.65. The molecule has 5 heteroatoms. The van der Waals surface area contributed by atoms with Gasteiger partial charge in [0, 0.05) is 55.7 Å². The lowest BCUT2D eigenvalue weighted by atomic mass is 9.83. The topological polar surface area (TPSA) is 48.8 Å². The minimum Gasteiger partial charge on any atom is -0.342 e. The van der Waals surface area contributed by atoms with Crippen LogP contribution in [0.3, 0.4) is 0 Å². The van der Waals surface area contributed by atoms with Crippen molar-refractivity contribution in [2.45, 2.75) is 25.7 Å². The maximum atomic E-state index is 13.2. The second-order valence-corrected chi connectivity index (χ2v) is 10.1. The van der Waals surface area contributed by atoms with E-state index in [1.165, 1.54) is 35.3 Å². The highest BCUT2D eigenvalue weighted by Crippen LogP contribution is 2.53. The Morgan fingerprint density at radius 1 is 1.13 bits per heavy atom. The number of piperidine rings is 2. The zero-order chi connectivity index (χ0) is 20.4. The third kappa shape index (κ3) is 3.15. The molecule has 1 aromatic heterocycles. The predicted octanol–water partition coefficient (Wildman–Crippen LogP) is 3.19. The molecule has 1 aliphatic carbocycles. The summed E-state index contributed by atoms with van der Waals surface area (Å²) in [5, 5.41) is 1.23. The summed E-state index contributed by atoms with van der Waals surface area (Å²) in [4.78, 5) is 26.8. The molecule has 3 fully saturated rings. The van der Waals surface area contributed by atoms with Gasteiger partial charge in [-0.2, -0.15) is 0 Å². The summed E-state index contributed by atoms with van der Waals surface area (Å²) in [6.45, 7) is 7.24. The number of amides is 1. The van der Waals surface area contributed by atoms with E-state index in [9.17, 15) is 4.79 Å². The highest BCUT2D eigenvalue weighted by Gasteiger charge is 2.55. The molecule has 0 radical (unpaired) electrons. The summed E-state index contributed by atoms with van der Waals surface area (Å²) in [6.07, 6.45) is 3.76. The van der Waals surface area contributed by atoms with Crippen LogP contribution in [0.2, 0.25) is 0 Å². The molecular formula is C25H30N4O. The van der Waals surface area contributed by atoms with Crippen LogP contribution in [0.5, 0.6) is 0 Å². The first-order valence-electron chi connectivity index (χ1n) is 11.5. The number of carbonyl (C=O) groups is 1. The highest BCUT2D eigenvalue weighted by molar-refractivity contribution is 6.17. The van der Waals surface area contributed by atoms with Crippen LogP contribution in [0.1, 0.15) is 36.8 Å². The van der Waals surface area contributed by atoms with Gasteiger partial charge in [-0.3, -0.25) is 14.8 Å². The van der Waals surface area contributed by atoms with E-state index in [2.05, 4.69) is 47.0 Å². The van der Waals surface area contributed by atoms with E-state index in [4.69, 9.17) is 4.98 Å². The summed E-state index contributed by atoms with van der Waals surface area (Å²) in [5.41, 5.74) is 4.76. The van der Waals surface area contributed by atoms with E-state index >= 15 is 0 Å². The van der Waals surface area contributed by atoms with Crippen LogP contribution in [0.15, 0.2) is 35.5 Å². The maximum Gasteiger partial charge on any atom is 0.222 e. The van der Waals surface area contributed by atoms with Crippen molar-refractivity contribution in [3.63, 3.8) is 0 Å². The molecule has 6 rings (SSSR count). The number of likely N-dealkylation sites (tertiary alicyclic amines) is 2. The van der Waals surface area contributed by atoms with Gasteiger partial charge >= 0.3 is 0 Å². The number of aromatic nitrogens is 1. The lowest BCUT2D eigenvalue weighted by Gasteiger charge is -2.37. The number of pyridine rings is 1. The smallest absolute Gasteiger partial charge is 0.222 e. The molecule has 4 aliphatic rings. The molecule has 5 atom stereocenters. The molecule has 1 saturated carbocycles. The van der Waals surface area contributed by atoms with Gasteiger partial charge in [0.15, 0.2) is 0 Å². The van der Waals surface area contributed by atoms with Gasteiger partial charge < -0.3 is 9.80 Å². The molecule has 0 spiro atoms. The molecule has 2 aromatic rings. The fourth-order valence-corrected chi connectivity index (χ4v) is 6.27. The van der Waals surface area contributed by atoms with E-state index < -0.39 is 0 Å². The summed E-state index contributed by atoms with van der Waals surface area (Å²) in [7, 11) is 2.20. The number of hydrogen-bond acceptors (Lipinski definition) is 4. The standard InChI is InChI=1S/C25H30N4O/c1-15-8-16(12-29(11-15)24(30)9-20-21-13-28(2)14-22(20)21)17-5-6-19(23-10-27-23)25-18(17)4-3-7-26-25/h3-7,15-16,20-22H,8-14H2,1-2H3/t15-,16+,20?,21-,22+/m1/s1. The van der Waals surface area contributed by atoms with Crippen molar-refractivity contribution in [3.8, 4) is 0 Å². The maximum absolute atomic E-state index is 13.2. The Kier molecular flexibility index (Phi) is 4.24. The largest absolute Gasteiger partial charge is 0.342 e. The lowest BCUT2D eigenvalue weighted by molar-refractivity contribution is -0.133. The molecule has 3 aliphatic heterocycles. The molecule has 2 saturated heterocycles. The summed E-state index contributed by atoms with van der Waals surface area (Å²) < 4.78 is 0. The van der Waals surface area contributed by atoms with Crippen molar-refractivity contribution >= 4 is 22.5 Å². The van der Waals surface area contributed by atoms with Crippen LogP contribution in [-0.2, 0) is 4.79 Å². The summed E-state index contributed by atoms with van der Waals surface area (Å²) in [6, 6.07) is 8.69. The third-order valence-corrected chi connectivity index (χ3v) is 7.85. The molecular weight excluding hydrogens is 372 g/mol. The average molecular weight is 403 g/mol. The molecule has 5 nitrogen and oxygen atoms in total. The number of nitrogens with zero attached hydrogens (tertiary/aromatic N) is 4. The molecule has 156 valence electrons. The molecule has 1 amide bonds. The molecule has 4 heterocycles. The molecule has 1 unspecified atom stereocenters. The molecule has 0 bridgehead atoms. The minimum absolute atomic E-state index is 0.375. The molecule has 30 heavy (non-hydrogen) atoms. The van der Waals surface area contributed by atoms with Crippen LogP contribution < -0.4 is 0 Å². The Bertz CT molecular complexity index is 1030. The van der Waals surface area contributed by atoms with E-state index in [1.807, 2.05) is 12.3 Å². The van der Waals surface area contributed by atoms with Crippen molar-refractivity contribution in [2.75, 3.05) is 39.8 Å². The van der Waals surface area contributed by atoms with Crippen LogP contribution in [0.25, 0.3) is 10.9 Å². The number of carbonyl (C=O) groups excluding carboxylic acids is 1. The SMILES string of the molecule is C[C@@H]1C[C@H](c2ccc(C3=NC3)c3ncccc23)CN(C(=O)CC2[C@H]3CN(C)C[C@@H]23)C1. The van der Waals surface area contributed by atoms with Gasteiger partial charge in [-0.1, -0.05) is 25.1 Å². The number of rotatable bonds is 4. The van der Waals surface area contributed by atoms with Crippen molar-refractivity contribution in [1.82, 2.24) is 14.8 Å². The highest BCUT2D eigenvalue weighted by atomic mass is 16.2. The monoisotopic (exact) mass is 402 g/mol. The Morgan fingerprint density at radius 2 is 1.93 bits per heavy atom. The first-order valence-corrected chi connectivity index (χ1v) is 11.5. The zero-order valence-electron chi connectivity index (χ0n) is 17.9. The Hall–Kier alpha value is -2.27. The van der Waals surface area contributed by atoms with Gasteiger partial charge in [-0.05, 0) is 48.8 Å². The van der Waals surface area contributed by atoms with E-state index in [1.54, 1.807) is 0 Å². The number of aliphatic imine (C=N–C) groups is 1. The Balaban J connectivity index is 1.23. The summed E-state index contributed by atoms with van der Waals surface area (Å²) in [5.74, 6) is 3.45. The van der Waals surface area contributed by atoms with Crippen molar-refractivity contribution < 1.29 is 4.79 Å². The van der Waals surface area contributed by atoms with Crippen LogP contribution in [0.4, 0.5) is 0 Å². The Labute approximate surface area is 178 Å². The predicted molar refractivity (Wildman–Crippen MR) is 119 cm³/mol. The van der Waals surface area contributed by atoms with E-state index in [0.29, 0.717) is 23.7 Å². The second kappa shape index (κ2) is 6.88. The van der Waals surface area contributed by atoms with Gasteiger partial charge in [-0.15, -0.1) is 0 Å².